The minimum atomic E-state index is -4.67. The first-order valence-electron chi connectivity index (χ1n) is 15.2. The van der Waals surface area contributed by atoms with E-state index in [1.807, 2.05) is 96.9 Å². The van der Waals surface area contributed by atoms with Crippen molar-refractivity contribution in [1.29, 1.82) is 0 Å². The molecule has 2 N–H and O–H groups in total. The molecule has 0 fully saturated rings. The van der Waals surface area contributed by atoms with Crippen molar-refractivity contribution in [3.63, 3.8) is 0 Å². The fourth-order valence-electron chi connectivity index (χ4n) is 5.80. The van der Waals surface area contributed by atoms with E-state index in [1.54, 1.807) is 12.1 Å². The van der Waals surface area contributed by atoms with Crippen LogP contribution in [0, 0.1) is 0 Å². The molecular weight excluding hydrogens is 678 g/mol. The molecule has 2 aromatic rings. The molecule has 0 unspecified atom stereocenters. The molecule has 0 saturated heterocycles. The zero-order valence-corrected chi connectivity index (χ0v) is 36.8. The Hall–Kier alpha value is 0.859. The Morgan fingerprint density at radius 1 is 0.543 bits per heavy atom. The van der Waals surface area contributed by atoms with Crippen LogP contribution in [0.5, 0.6) is 11.5 Å². The summed E-state index contributed by atoms with van der Waals surface area (Å²) in [6.07, 6.45) is 0.116. The number of phenolic OH excluding ortho intramolecular Hbond substituents is 2. The first-order chi connectivity index (χ1) is 19.4. The van der Waals surface area contributed by atoms with Crippen LogP contribution in [0.3, 0.4) is 0 Å². The van der Waals surface area contributed by atoms with Gasteiger partial charge in [0, 0.05) is 23.5 Å². The molecular formula is C34H54Ca2O8P2. The molecule has 0 saturated carbocycles. The molecule has 46 heavy (non-hydrogen) atoms. The van der Waals surface area contributed by atoms with Gasteiger partial charge in [-0.25, -0.2) is 0 Å². The average Bonchev–Trinajstić information content (AvgIpc) is 2.75. The molecule has 8 nitrogen and oxygen atoms in total. The molecule has 12 heteroatoms. The van der Waals surface area contributed by atoms with Gasteiger partial charge in [0.05, 0.1) is 0 Å². The van der Waals surface area contributed by atoms with E-state index in [0.29, 0.717) is 35.1 Å². The summed E-state index contributed by atoms with van der Waals surface area (Å²) < 4.78 is 22.6. The smallest absolute Gasteiger partial charge is 0.810 e. The van der Waals surface area contributed by atoms with Crippen LogP contribution in [-0.4, -0.2) is 85.7 Å². The summed E-state index contributed by atoms with van der Waals surface area (Å²) >= 11 is 0. The number of aromatic hydroxyl groups is 2. The molecule has 0 aromatic heterocycles. The van der Waals surface area contributed by atoms with Gasteiger partial charge in [-0.1, -0.05) is 124 Å². The Morgan fingerprint density at radius 2 is 0.783 bits per heavy atom. The topological polar surface area (TPSA) is 167 Å². The summed E-state index contributed by atoms with van der Waals surface area (Å²) in [5.41, 5.74) is 4.03. The van der Waals surface area contributed by atoms with Crippen LogP contribution < -0.4 is 19.6 Å². The molecule has 0 aliphatic heterocycles. The van der Waals surface area contributed by atoms with Crippen LogP contribution in [-0.2, 0) is 56.0 Å². The number of hydrogen-bond acceptors (Lipinski definition) is 8. The van der Waals surface area contributed by atoms with Crippen molar-refractivity contribution in [3.05, 3.63) is 56.6 Å². The Labute approximate surface area is 337 Å². The molecule has 0 heterocycles. The Bertz CT molecular complexity index is 1320. The van der Waals surface area contributed by atoms with Crippen LogP contribution >= 0.6 is 15.2 Å². The van der Waals surface area contributed by atoms with E-state index in [1.165, 1.54) is 0 Å². The zero-order valence-electron chi connectivity index (χ0n) is 30.6. The van der Waals surface area contributed by atoms with Crippen molar-refractivity contribution >= 4 is 90.7 Å². The van der Waals surface area contributed by atoms with Gasteiger partial charge in [0.15, 0.2) is 0 Å². The summed E-state index contributed by atoms with van der Waals surface area (Å²) in [7, 11) is -9.34. The Balaban J connectivity index is 0. The van der Waals surface area contributed by atoms with Crippen molar-refractivity contribution in [3.8, 4) is 11.5 Å². The summed E-state index contributed by atoms with van der Waals surface area (Å²) in [6, 6.07) is 3.37. The van der Waals surface area contributed by atoms with Crippen molar-refractivity contribution in [1.82, 2.24) is 0 Å². The summed E-state index contributed by atoms with van der Waals surface area (Å²) in [5.74, 6) is 0.430. The van der Waals surface area contributed by atoms with Crippen LogP contribution in [0.2, 0.25) is 0 Å². The first kappa shape index (κ1) is 49.0. The van der Waals surface area contributed by atoms with Gasteiger partial charge in [-0.15, -0.1) is 0 Å². The molecule has 0 aliphatic rings. The molecule has 0 spiro atoms. The van der Waals surface area contributed by atoms with Gasteiger partial charge < -0.3 is 38.9 Å². The van der Waals surface area contributed by atoms with E-state index < -0.39 is 27.5 Å². The summed E-state index contributed by atoms with van der Waals surface area (Å²) in [6.45, 7) is 27.4. The minimum Gasteiger partial charge on any atom is -0.810 e. The molecule has 0 atom stereocenters. The Kier molecular flexibility index (Phi) is 18.5. The third-order valence-electron chi connectivity index (χ3n) is 7.55. The number of benzene rings is 2. The van der Waals surface area contributed by atoms with E-state index in [0.717, 1.165) is 22.3 Å². The van der Waals surface area contributed by atoms with E-state index in [2.05, 4.69) is 0 Å². The first-order valence-corrected chi connectivity index (χ1v) is 18.6. The van der Waals surface area contributed by atoms with E-state index >= 15 is 0 Å². The third-order valence-corrected chi connectivity index (χ3v) is 9.01. The van der Waals surface area contributed by atoms with Gasteiger partial charge in [-0.05, 0) is 67.9 Å². The quantitative estimate of drug-likeness (QED) is 0.303. The molecule has 2 rings (SSSR count). The van der Waals surface area contributed by atoms with Gasteiger partial charge in [-0.3, -0.25) is 0 Å². The predicted octanol–water partition coefficient (Wildman–Crippen LogP) is 5.17. The summed E-state index contributed by atoms with van der Waals surface area (Å²) in [5, 5.41) is 21.5. The van der Waals surface area contributed by atoms with Crippen molar-refractivity contribution in [2.24, 2.45) is 0 Å². The number of hydrogen-bond donors (Lipinski definition) is 2. The van der Waals surface area contributed by atoms with Gasteiger partial charge in [-0.2, -0.15) is 0 Å². The number of rotatable bonds is 6. The molecule has 0 bridgehead atoms. The van der Waals surface area contributed by atoms with Crippen molar-refractivity contribution in [2.75, 3.05) is 0 Å². The molecule has 252 valence electrons. The van der Waals surface area contributed by atoms with Crippen LogP contribution in [0.4, 0.5) is 0 Å². The largest absolute Gasteiger partial charge is 2.00 e. The van der Waals surface area contributed by atoms with Gasteiger partial charge in [0.25, 0.3) is 0 Å². The Morgan fingerprint density at radius 3 is 0.935 bits per heavy atom. The fraction of sp³-hybridized carbons (Fsp3) is 0.647. The van der Waals surface area contributed by atoms with Crippen LogP contribution in [0.15, 0.2) is 12.1 Å². The molecule has 2 aromatic carbocycles. The van der Waals surface area contributed by atoms with Gasteiger partial charge in [0.2, 0.25) is 0 Å². The predicted molar refractivity (Wildman–Crippen MR) is 184 cm³/mol. The fourth-order valence-corrected chi connectivity index (χ4v) is 7.20. The van der Waals surface area contributed by atoms with E-state index in [-0.39, 0.29) is 109 Å². The van der Waals surface area contributed by atoms with Gasteiger partial charge in [0.1, 0.15) is 11.5 Å². The molecule has 0 amide bonds. The second kappa shape index (κ2) is 17.4. The van der Waals surface area contributed by atoms with E-state index in [4.69, 9.17) is 0 Å². The summed E-state index contributed by atoms with van der Waals surface area (Å²) in [4.78, 5) is 45.1. The zero-order chi connectivity index (χ0) is 35.0. The van der Waals surface area contributed by atoms with Crippen molar-refractivity contribution in [2.45, 2.75) is 144 Å². The normalized spacial score (nSPS) is 12.9. The average molecular weight is 733 g/mol. The SMILES string of the molecule is CCc1c(CP(=O)([O-])[O-])cc(C(C)(C)C)c(O)c1C(C)(C)C.CCc1c(CP(=O)([O-])[O-])cc(C(C)(C)C)c(O)c1C(C)(C)C.[Ca+2].[Ca+2]. The maximum absolute atomic E-state index is 11.3. The molecule has 0 aliphatic carbocycles. The maximum atomic E-state index is 11.3. The standard InChI is InChI=1S/2C17H29O4P.2Ca/c2*1-8-12-11(10-22(19,20)21)9-13(16(2,3)4)15(18)14(12)17(5,6)7;;/h2*9,18H,8,10H2,1-7H3,(H2,19,20,21);;/q;;2*+2/p-4. The second-order valence-corrected chi connectivity index (χ2v) is 18.9. The molecule has 0 radical (unpaired) electrons. The second-order valence-electron chi connectivity index (χ2n) is 15.8. The van der Waals surface area contributed by atoms with Crippen molar-refractivity contribution < 1.29 is 38.9 Å². The van der Waals surface area contributed by atoms with Crippen LogP contribution in [0.1, 0.15) is 141 Å². The van der Waals surface area contributed by atoms with E-state index in [9.17, 15) is 38.9 Å². The monoisotopic (exact) mass is 732 g/mol. The third kappa shape index (κ3) is 13.9. The number of phenols is 2. The van der Waals surface area contributed by atoms with Crippen LogP contribution in [0.25, 0.3) is 0 Å². The van der Waals surface area contributed by atoms with Gasteiger partial charge >= 0.3 is 75.5 Å². The minimum absolute atomic E-state index is 0. The maximum Gasteiger partial charge on any atom is 2.00 e.